The normalized spacial score (nSPS) is 38.3. The number of aromatic nitrogens is 1. The molecule has 1 saturated carbocycles. The third-order valence-corrected chi connectivity index (χ3v) is 7.41. The molecule has 0 amide bonds. The summed E-state index contributed by atoms with van der Waals surface area (Å²) >= 11 is 6.78. The van der Waals surface area contributed by atoms with Gasteiger partial charge in [0.1, 0.15) is 0 Å². The van der Waals surface area contributed by atoms with E-state index in [1.165, 1.54) is 22.2 Å². The van der Waals surface area contributed by atoms with E-state index in [9.17, 15) is 0 Å². The quantitative estimate of drug-likeness (QED) is 0.578. The summed E-state index contributed by atoms with van der Waals surface area (Å²) in [5.74, 6) is 0.799. The van der Waals surface area contributed by atoms with E-state index in [2.05, 4.69) is 56.6 Å². The van der Waals surface area contributed by atoms with Crippen molar-refractivity contribution in [3.8, 4) is 0 Å². The Hall–Kier alpha value is -1.25. The van der Waals surface area contributed by atoms with E-state index in [1.54, 1.807) is 0 Å². The van der Waals surface area contributed by atoms with Crippen LogP contribution in [-0.2, 0) is 5.41 Å². The van der Waals surface area contributed by atoms with Crippen molar-refractivity contribution < 1.29 is 0 Å². The van der Waals surface area contributed by atoms with Crippen LogP contribution in [0.15, 0.2) is 36.9 Å². The molecule has 2 aliphatic rings. The highest BCUT2D eigenvalue weighted by molar-refractivity contribution is 6.21. The first kappa shape index (κ1) is 15.3. The molecule has 0 aliphatic heterocycles. The average Bonchev–Trinajstić information content (AvgIpc) is 3.00. The Bertz CT molecular complexity index is 790. The number of H-pyrrole nitrogens is 1. The number of hydrogen-bond acceptors (Lipinski definition) is 1. The third kappa shape index (κ3) is 1.74. The number of halogens is 1. The van der Waals surface area contributed by atoms with E-state index in [0.717, 1.165) is 6.42 Å². The Morgan fingerprint density at radius 2 is 2.00 bits per heavy atom. The lowest BCUT2D eigenvalue weighted by atomic mass is 9.59. The average molecular weight is 329 g/mol. The summed E-state index contributed by atoms with van der Waals surface area (Å²) in [6.45, 7) is 10.9. The molecule has 0 unspecified atom stereocenters. The molecule has 1 heterocycles. The van der Waals surface area contributed by atoms with E-state index in [-0.39, 0.29) is 22.2 Å². The summed E-state index contributed by atoms with van der Waals surface area (Å²) in [7, 11) is 0. The standard InChI is InChI=1S/C20H25ClN2/c1-5-20(4)14(21)10-12-16(17(20)22)15-11-8-6-7-9-13(11)23-18(15)19(12,2)3/h5-9,12,14,16-17,23H,1,10,22H2,2-4H3/t12-,14+,16-,17+,20+/m0/s1. The van der Waals surface area contributed by atoms with Crippen molar-refractivity contribution in [1.29, 1.82) is 0 Å². The fourth-order valence-electron chi connectivity index (χ4n) is 5.06. The van der Waals surface area contributed by atoms with Gasteiger partial charge in [-0.15, -0.1) is 18.2 Å². The molecule has 3 heteroatoms. The van der Waals surface area contributed by atoms with Gasteiger partial charge < -0.3 is 10.7 Å². The van der Waals surface area contributed by atoms with Crippen molar-refractivity contribution in [2.75, 3.05) is 0 Å². The van der Waals surface area contributed by atoms with E-state index in [4.69, 9.17) is 17.3 Å². The topological polar surface area (TPSA) is 41.8 Å². The summed E-state index contributed by atoms with van der Waals surface area (Å²) in [5, 5.41) is 1.35. The second-order valence-electron chi connectivity index (χ2n) is 8.11. The maximum atomic E-state index is 6.82. The highest BCUT2D eigenvalue weighted by Crippen LogP contribution is 2.61. The third-order valence-electron chi connectivity index (χ3n) is 6.77. The van der Waals surface area contributed by atoms with E-state index >= 15 is 0 Å². The summed E-state index contributed by atoms with van der Waals surface area (Å²) < 4.78 is 0. The zero-order chi connectivity index (χ0) is 16.6. The van der Waals surface area contributed by atoms with Crippen LogP contribution in [0.2, 0.25) is 0 Å². The van der Waals surface area contributed by atoms with Crippen molar-refractivity contribution in [1.82, 2.24) is 4.98 Å². The summed E-state index contributed by atoms with van der Waals surface area (Å²) in [6, 6.07) is 8.56. The van der Waals surface area contributed by atoms with Crippen LogP contribution in [0, 0.1) is 11.3 Å². The minimum Gasteiger partial charge on any atom is -0.358 e. The number of rotatable bonds is 1. The van der Waals surface area contributed by atoms with Crippen LogP contribution in [0.4, 0.5) is 0 Å². The molecule has 1 aromatic carbocycles. The number of nitrogens with one attached hydrogen (secondary N) is 1. The second kappa shape index (κ2) is 4.64. The Morgan fingerprint density at radius 3 is 2.70 bits per heavy atom. The van der Waals surface area contributed by atoms with Crippen molar-refractivity contribution >= 4 is 22.5 Å². The van der Waals surface area contributed by atoms with Crippen molar-refractivity contribution in [3.63, 3.8) is 0 Å². The molecule has 2 aromatic rings. The van der Waals surface area contributed by atoms with Crippen LogP contribution in [0.25, 0.3) is 10.9 Å². The molecule has 0 radical (unpaired) electrons. The first-order chi connectivity index (χ1) is 10.8. The largest absolute Gasteiger partial charge is 0.358 e. The van der Waals surface area contributed by atoms with Gasteiger partial charge in [-0.3, -0.25) is 0 Å². The Morgan fingerprint density at radius 1 is 1.30 bits per heavy atom. The summed E-state index contributed by atoms with van der Waals surface area (Å²) in [4.78, 5) is 3.68. The van der Waals surface area contributed by atoms with Crippen LogP contribution in [0.3, 0.4) is 0 Å². The van der Waals surface area contributed by atoms with Crippen LogP contribution >= 0.6 is 11.6 Å². The Kier molecular flexibility index (Phi) is 3.09. The molecule has 2 nitrogen and oxygen atoms in total. The molecule has 23 heavy (non-hydrogen) atoms. The lowest BCUT2D eigenvalue weighted by molar-refractivity contribution is 0.129. The van der Waals surface area contributed by atoms with Crippen molar-refractivity contribution in [2.45, 2.75) is 49.9 Å². The van der Waals surface area contributed by atoms with Gasteiger partial charge in [-0.2, -0.15) is 0 Å². The van der Waals surface area contributed by atoms with Crippen LogP contribution in [0.5, 0.6) is 0 Å². The highest BCUT2D eigenvalue weighted by Gasteiger charge is 2.58. The molecule has 1 aromatic heterocycles. The van der Waals surface area contributed by atoms with Gasteiger partial charge in [0.05, 0.1) is 0 Å². The van der Waals surface area contributed by atoms with Gasteiger partial charge in [0.15, 0.2) is 0 Å². The molecule has 3 N–H and O–H groups in total. The summed E-state index contributed by atoms with van der Waals surface area (Å²) in [5.41, 5.74) is 10.6. The maximum absolute atomic E-state index is 6.82. The minimum atomic E-state index is -0.237. The molecule has 4 rings (SSSR count). The molecule has 0 saturated heterocycles. The monoisotopic (exact) mass is 328 g/mol. The summed E-state index contributed by atoms with van der Waals surface area (Å²) in [6.07, 6.45) is 2.96. The Labute approximate surface area is 143 Å². The molecule has 2 aliphatic carbocycles. The van der Waals surface area contributed by atoms with Gasteiger partial charge >= 0.3 is 0 Å². The zero-order valence-electron chi connectivity index (χ0n) is 14.1. The van der Waals surface area contributed by atoms with E-state index < -0.39 is 0 Å². The lowest BCUT2D eigenvalue weighted by Crippen LogP contribution is -2.55. The molecule has 1 fully saturated rings. The fourth-order valence-corrected chi connectivity index (χ4v) is 5.49. The number of nitrogens with two attached hydrogens (primary N) is 1. The highest BCUT2D eigenvalue weighted by atomic mass is 35.5. The zero-order valence-corrected chi connectivity index (χ0v) is 14.8. The van der Waals surface area contributed by atoms with Gasteiger partial charge in [-0.1, -0.05) is 45.0 Å². The first-order valence-corrected chi connectivity index (χ1v) is 8.90. The Balaban J connectivity index is 1.97. The molecular weight excluding hydrogens is 304 g/mol. The minimum absolute atomic E-state index is 0.0130. The number of fused-ring (bicyclic) bond motifs is 5. The number of para-hydroxylation sites is 1. The molecule has 122 valence electrons. The molecular formula is C20H25ClN2. The SMILES string of the molecule is C=C[C@]1(C)[C@H](Cl)C[C@H]2[C@@H](c3c([nH]c4ccccc34)C2(C)C)[C@H]1N. The van der Waals surface area contributed by atoms with E-state index in [0.29, 0.717) is 11.8 Å². The lowest BCUT2D eigenvalue weighted by Gasteiger charge is -2.50. The van der Waals surface area contributed by atoms with Gasteiger partial charge in [0.25, 0.3) is 0 Å². The smallest absolute Gasteiger partial charge is 0.0459 e. The molecule has 0 spiro atoms. The number of hydrogen-bond donors (Lipinski definition) is 2. The van der Waals surface area contributed by atoms with Gasteiger partial charge in [-0.25, -0.2) is 0 Å². The van der Waals surface area contributed by atoms with Gasteiger partial charge in [0, 0.05) is 44.8 Å². The van der Waals surface area contributed by atoms with Crippen LogP contribution < -0.4 is 5.73 Å². The fraction of sp³-hybridized carbons (Fsp3) is 0.500. The van der Waals surface area contributed by atoms with Crippen LogP contribution in [0.1, 0.15) is 44.4 Å². The number of aromatic amines is 1. The van der Waals surface area contributed by atoms with E-state index in [1.807, 2.05) is 6.08 Å². The maximum Gasteiger partial charge on any atom is 0.0459 e. The van der Waals surface area contributed by atoms with Crippen LogP contribution in [-0.4, -0.2) is 16.4 Å². The number of benzene rings is 1. The van der Waals surface area contributed by atoms with Crippen molar-refractivity contribution in [2.24, 2.45) is 17.1 Å². The predicted molar refractivity (Wildman–Crippen MR) is 98.1 cm³/mol. The molecule has 0 bridgehead atoms. The number of alkyl halides is 1. The second-order valence-corrected chi connectivity index (χ2v) is 8.64. The first-order valence-electron chi connectivity index (χ1n) is 8.46. The molecule has 5 atom stereocenters. The van der Waals surface area contributed by atoms with Crippen molar-refractivity contribution in [3.05, 3.63) is 48.2 Å². The van der Waals surface area contributed by atoms with Gasteiger partial charge in [0.2, 0.25) is 0 Å². The van der Waals surface area contributed by atoms with Gasteiger partial charge in [-0.05, 0) is 24.0 Å². The predicted octanol–water partition coefficient (Wildman–Crippen LogP) is 4.69.